The quantitative estimate of drug-likeness (QED) is 0.844. The van der Waals surface area contributed by atoms with E-state index in [4.69, 9.17) is 0 Å². The Morgan fingerprint density at radius 2 is 2.25 bits per heavy atom. The van der Waals surface area contributed by atoms with Crippen molar-refractivity contribution in [2.24, 2.45) is 0 Å². The molecule has 0 aliphatic carbocycles. The highest BCUT2D eigenvalue weighted by Gasteiger charge is 2.28. The number of hydrogen-bond donors (Lipinski definition) is 0. The predicted molar refractivity (Wildman–Crippen MR) is 85.4 cm³/mol. The molecule has 1 fully saturated rings. The molecule has 0 amide bonds. The summed E-state index contributed by atoms with van der Waals surface area (Å²) in [5.41, 5.74) is 1.08. The average molecular weight is 336 g/mol. The van der Waals surface area contributed by atoms with Crippen molar-refractivity contribution in [2.75, 3.05) is 26.2 Å². The molecule has 1 aliphatic rings. The Labute approximate surface area is 130 Å². The first-order valence-corrected chi connectivity index (χ1v) is 8.08. The largest absolute Gasteiger partial charge is 0.298 e. The number of nitriles is 1. The maximum absolute atomic E-state index is 9.56. The van der Waals surface area contributed by atoms with Gasteiger partial charge < -0.3 is 0 Å². The van der Waals surface area contributed by atoms with Gasteiger partial charge in [0.2, 0.25) is 0 Å². The van der Waals surface area contributed by atoms with Crippen LogP contribution < -0.4 is 0 Å². The monoisotopic (exact) mass is 335 g/mol. The van der Waals surface area contributed by atoms with E-state index in [1.165, 1.54) is 6.42 Å². The molecule has 0 radical (unpaired) electrons. The van der Waals surface area contributed by atoms with Crippen molar-refractivity contribution in [3.05, 3.63) is 34.3 Å². The Kier molecular flexibility index (Phi) is 5.59. The maximum Gasteiger partial charge on any atom is 0.123 e. The van der Waals surface area contributed by atoms with Crippen molar-refractivity contribution in [3.63, 3.8) is 0 Å². The summed E-state index contributed by atoms with van der Waals surface area (Å²) < 4.78 is 1.04. The van der Waals surface area contributed by atoms with E-state index in [-0.39, 0.29) is 6.04 Å². The van der Waals surface area contributed by atoms with Gasteiger partial charge in [0.1, 0.15) is 6.04 Å². The molecule has 20 heavy (non-hydrogen) atoms. The number of piperazine rings is 1. The van der Waals surface area contributed by atoms with Crippen LogP contribution >= 0.6 is 15.9 Å². The Morgan fingerprint density at radius 3 is 2.85 bits per heavy atom. The van der Waals surface area contributed by atoms with Gasteiger partial charge in [-0.05, 0) is 37.6 Å². The van der Waals surface area contributed by atoms with Crippen molar-refractivity contribution in [3.8, 4) is 6.07 Å². The van der Waals surface area contributed by atoms with Gasteiger partial charge in [-0.3, -0.25) is 9.80 Å². The second-order valence-corrected chi connectivity index (χ2v) is 6.38. The summed E-state index contributed by atoms with van der Waals surface area (Å²) in [6, 6.07) is 10.9. The normalized spacial score (nSPS) is 22.4. The van der Waals surface area contributed by atoms with E-state index >= 15 is 0 Å². The summed E-state index contributed by atoms with van der Waals surface area (Å²) in [6.07, 6.45) is 1.19. The number of rotatable bonds is 4. The third-order valence-electron chi connectivity index (χ3n) is 3.96. The van der Waals surface area contributed by atoms with Crippen molar-refractivity contribution in [2.45, 2.75) is 32.4 Å². The molecule has 1 saturated heterocycles. The third-order valence-corrected chi connectivity index (χ3v) is 4.45. The number of nitrogens with zero attached hydrogens (tertiary/aromatic N) is 3. The number of hydrogen-bond acceptors (Lipinski definition) is 3. The molecule has 3 nitrogen and oxygen atoms in total. The fourth-order valence-corrected chi connectivity index (χ4v) is 3.34. The molecule has 0 saturated carbocycles. The van der Waals surface area contributed by atoms with Crippen LogP contribution in [0.25, 0.3) is 0 Å². The van der Waals surface area contributed by atoms with Gasteiger partial charge >= 0.3 is 0 Å². The molecular weight excluding hydrogens is 314 g/mol. The molecule has 2 unspecified atom stereocenters. The summed E-state index contributed by atoms with van der Waals surface area (Å²) in [4.78, 5) is 4.82. The Balaban J connectivity index is 2.09. The molecule has 1 heterocycles. The van der Waals surface area contributed by atoms with Crippen LogP contribution in [0.3, 0.4) is 0 Å². The van der Waals surface area contributed by atoms with Gasteiger partial charge in [-0.1, -0.05) is 35.0 Å². The Morgan fingerprint density at radius 1 is 1.45 bits per heavy atom. The van der Waals surface area contributed by atoms with Gasteiger partial charge in [0.25, 0.3) is 0 Å². The van der Waals surface area contributed by atoms with E-state index in [1.54, 1.807) is 0 Å². The van der Waals surface area contributed by atoms with E-state index < -0.39 is 0 Å². The van der Waals surface area contributed by atoms with E-state index in [9.17, 15) is 5.26 Å². The van der Waals surface area contributed by atoms with E-state index in [0.717, 1.165) is 36.2 Å². The first kappa shape index (κ1) is 15.5. The smallest absolute Gasteiger partial charge is 0.123 e. The van der Waals surface area contributed by atoms with Crippen molar-refractivity contribution in [1.29, 1.82) is 5.26 Å². The summed E-state index contributed by atoms with van der Waals surface area (Å²) in [5, 5.41) is 9.56. The van der Waals surface area contributed by atoms with E-state index in [0.29, 0.717) is 6.04 Å². The second kappa shape index (κ2) is 7.21. The minimum Gasteiger partial charge on any atom is -0.298 e. The number of benzene rings is 1. The molecule has 108 valence electrons. The predicted octanol–water partition coefficient (Wildman–Crippen LogP) is 3.43. The van der Waals surface area contributed by atoms with Crippen LogP contribution in [-0.4, -0.2) is 42.0 Å². The highest BCUT2D eigenvalue weighted by Crippen LogP contribution is 2.25. The fraction of sp³-hybridized carbons (Fsp3) is 0.562. The first-order valence-electron chi connectivity index (χ1n) is 7.29. The average Bonchev–Trinajstić information content (AvgIpc) is 2.43. The Bertz CT molecular complexity index is 483. The molecule has 0 aromatic heterocycles. The van der Waals surface area contributed by atoms with Gasteiger partial charge in [-0.15, -0.1) is 0 Å². The summed E-state index contributed by atoms with van der Waals surface area (Å²) in [6.45, 7) is 8.62. The van der Waals surface area contributed by atoms with Crippen LogP contribution in [-0.2, 0) is 0 Å². The molecule has 0 bridgehead atoms. The lowest BCUT2D eigenvalue weighted by Crippen LogP contribution is -2.52. The van der Waals surface area contributed by atoms with Crippen molar-refractivity contribution >= 4 is 15.9 Å². The van der Waals surface area contributed by atoms with Crippen LogP contribution in [0.5, 0.6) is 0 Å². The zero-order valence-electron chi connectivity index (χ0n) is 12.2. The van der Waals surface area contributed by atoms with Crippen LogP contribution in [0.4, 0.5) is 0 Å². The number of halogens is 1. The molecule has 2 atom stereocenters. The van der Waals surface area contributed by atoms with Crippen LogP contribution in [0.15, 0.2) is 28.7 Å². The van der Waals surface area contributed by atoms with Gasteiger partial charge in [0.15, 0.2) is 0 Å². The molecule has 1 aliphatic heterocycles. The molecule has 4 heteroatoms. The highest BCUT2D eigenvalue weighted by atomic mass is 79.9. The van der Waals surface area contributed by atoms with Gasteiger partial charge in [-0.25, -0.2) is 0 Å². The van der Waals surface area contributed by atoms with Crippen LogP contribution in [0.2, 0.25) is 0 Å². The summed E-state index contributed by atoms with van der Waals surface area (Å²) >= 11 is 3.49. The van der Waals surface area contributed by atoms with Gasteiger partial charge in [0.05, 0.1) is 6.07 Å². The van der Waals surface area contributed by atoms with Gasteiger partial charge in [-0.2, -0.15) is 5.26 Å². The first-order chi connectivity index (χ1) is 9.65. The maximum atomic E-state index is 9.56. The Hall–Kier alpha value is -0.890. The zero-order chi connectivity index (χ0) is 14.5. The second-order valence-electron chi connectivity index (χ2n) is 5.47. The molecule has 1 aromatic rings. The van der Waals surface area contributed by atoms with Crippen LogP contribution in [0.1, 0.15) is 31.9 Å². The standard InChI is InChI=1S/C16H22BrN3/c1-3-7-19-8-9-20(12-13(19)2)16(11-18)14-5-4-6-15(17)10-14/h4-6,10,13,16H,3,7-9,12H2,1-2H3. The lowest BCUT2D eigenvalue weighted by atomic mass is 10.0. The van der Waals surface area contributed by atoms with E-state index in [1.807, 2.05) is 18.2 Å². The van der Waals surface area contributed by atoms with Crippen molar-refractivity contribution in [1.82, 2.24) is 9.80 Å². The summed E-state index contributed by atoms with van der Waals surface area (Å²) in [7, 11) is 0. The lowest BCUT2D eigenvalue weighted by molar-refractivity contribution is 0.0690. The minimum atomic E-state index is -0.140. The highest BCUT2D eigenvalue weighted by molar-refractivity contribution is 9.10. The lowest BCUT2D eigenvalue weighted by Gasteiger charge is -2.41. The molecule has 0 spiro atoms. The third kappa shape index (κ3) is 3.60. The zero-order valence-corrected chi connectivity index (χ0v) is 13.8. The van der Waals surface area contributed by atoms with Crippen LogP contribution in [0, 0.1) is 11.3 Å². The molecule has 2 rings (SSSR count). The fourth-order valence-electron chi connectivity index (χ4n) is 2.92. The molecular formula is C16H22BrN3. The van der Waals surface area contributed by atoms with E-state index in [2.05, 4.69) is 51.7 Å². The van der Waals surface area contributed by atoms with Gasteiger partial charge in [0, 0.05) is 30.1 Å². The molecule has 0 N–H and O–H groups in total. The van der Waals surface area contributed by atoms with Crippen molar-refractivity contribution < 1.29 is 0 Å². The minimum absolute atomic E-state index is 0.140. The summed E-state index contributed by atoms with van der Waals surface area (Å²) in [5.74, 6) is 0. The SMILES string of the molecule is CCCN1CCN(C(C#N)c2cccc(Br)c2)CC1C. The topological polar surface area (TPSA) is 30.3 Å². The molecule has 1 aromatic carbocycles.